The van der Waals surface area contributed by atoms with Crippen molar-refractivity contribution in [2.75, 3.05) is 32.1 Å². The number of nitrogens with two attached hydrogens (primary N) is 1. The quantitative estimate of drug-likeness (QED) is 0.926. The molecule has 6 heteroatoms. The van der Waals surface area contributed by atoms with Crippen LogP contribution < -0.4 is 10.6 Å². The van der Waals surface area contributed by atoms with Crippen LogP contribution in [0.5, 0.6) is 0 Å². The number of rotatable bonds is 4. The number of fused-ring (bicyclic) bond motifs is 1. The lowest BCUT2D eigenvalue weighted by atomic mass is 10.1. The van der Waals surface area contributed by atoms with E-state index in [1.165, 1.54) is 6.42 Å². The van der Waals surface area contributed by atoms with Gasteiger partial charge in [-0.1, -0.05) is 41.7 Å². The molecule has 0 bridgehead atoms. The second-order valence-electron chi connectivity index (χ2n) is 6.85. The fourth-order valence-corrected chi connectivity index (χ4v) is 4.66. The third kappa shape index (κ3) is 2.50. The number of piperidine rings is 1. The fourth-order valence-electron chi connectivity index (χ4n) is 3.67. The van der Waals surface area contributed by atoms with Gasteiger partial charge in [-0.15, -0.1) is 0 Å². The van der Waals surface area contributed by atoms with Crippen LogP contribution in [0.2, 0.25) is 0 Å². The van der Waals surface area contributed by atoms with Crippen molar-refractivity contribution in [2.45, 2.75) is 12.5 Å². The Bertz CT molecular complexity index is 758. The molecule has 1 saturated heterocycles. The Hall–Kier alpha value is -1.92. The van der Waals surface area contributed by atoms with Crippen LogP contribution >= 0.6 is 11.3 Å². The molecular formula is C18H22N4OS. The molecule has 1 aromatic heterocycles. The van der Waals surface area contributed by atoms with Crippen LogP contribution in [0.25, 0.3) is 10.4 Å². The summed E-state index contributed by atoms with van der Waals surface area (Å²) in [5, 5.41) is 0.853. The lowest BCUT2D eigenvalue weighted by molar-refractivity contribution is 0.0708. The Morgan fingerprint density at radius 3 is 2.79 bits per heavy atom. The molecule has 0 radical (unpaired) electrons. The molecule has 2 aromatic rings. The summed E-state index contributed by atoms with van der Waals surface area (Å²) < 4.78 is 0. The summed E-state index contributed by atoms with van der Waals surface area (Å²) in [6.07, 6.45) is 1.22. The van der Waals surface area contributed by atoms with E-state index >= 15 is 0 Å². The van der Waals surface area contributed by atoms with E-state index in [0.717, 1.165) is 22.1 Å². The number of thiazole rings is 1. The third-order valence-corrected chi connectivity index (χ3v) is 6.31. The standard InChI is InChI=1S/C18H22N4OS/c1-21(2)18-20-15(16(24-18)11-6-4-3-5-7-11)17(23)22-10-12-8-13(12)14(22)9-19/h3-7,12-14H,8-10,19H2,1-2H3/t12-,13-,14+/m0/s1. The number of benzene rings is 1. The summed E-state index contributed by atoms with van der Waals surface area (Å²) in [6, 6.07) is 10.2. The van der Waals surface area contributed by atoms with Crippen LogP contribution in [0.3, 0.4) is 0 Å². The summed E-state index contributed by atoms with van der Waals surface area (Å²) >= 11 is 1.56. The fraction of sp³-hybridized carbons (Fsp3) is 0.444. The molecular weight excluding hydrogens is 320 g/mol. The summed E-state index contributed by atoms with van der Waals surface area (Å²) in [6.45, 7) is 1.37. The highest BCUT2D eigenvalue weighted by molar-refractivity contribution is 7.19. The molecule has 1 saturated carbocycles. The van der Waals surface area contributed by atoms with Gasteiger partial charge in [0.2, 0.25) is 0 Å². The number of aromatic nitrogens is 1. The predicted molar refractivity (Wildman–Crippen MR) is 97.4 cm³/mol. The summed E-state index contributed by atoms with van der Waals surface area (Å²) in [7, 11) is 3.91. The Morgan fingerprint density at radius 1 is 1.38 bits per heavy atom. The molecule has 24 heavy (non-hydrogen) atoms. The first-order chi connectivity index (χ1) is 11.6. The van der Waals surface area contributed by atoms with E-state index in [2.05, 4.69) is 4.98 Å². The first-order valence-electron chi connectivity index (χ1n) is 8.34. The Kier molecular flexibility index (Phi) is 3.81. The van der Waals surface area contributed by atoms with Crippen LogP contribution in [0.1, 0.15) is 16.9 Å². The van der Waals surface area contributed by atoms with Gasteiger partial charge >= 0.3 is 0 Å². The minimum absolute atomic E-state index is 0.0286. The van der Waals surface area contributed by atoms with Crippen molar-refractivity contribution >= 4 is 22.4 Å². The monoisotopic (exact) mass is 342 g/mol. The van der Waals surface area contributed by atoms with E-state index in [9.17, 15) is 4.79 Å². The average molecular weight is 342 g/mol. The number of likely N-dealkylation sites (tertiary alicyclic amines) is 1. The molecule has 1 amide bonds. The first-order valence-corrected chi connectivity index (χ1v) is 9.16. The highest BCUT2D eigenvalue weighted by atomic mass is 32.1. The SMILES string of the molecule is CN(C)c1nc(C(=O)N2C[C@@H]3C[C@@H]3[C@H]2CN)c(-c2ccccc2)s1. The van der Waals surface area contributed by atoms with Crippen molar-refractivity contribution < 1.29 is 4.79 Å². The van der Waals surface area contributed by atoms with E-state index in [1.807, 2.05) is 54.2 Å². The maximum absolute atomic E-state index is 13.2. The van der Waals surface area contributed by atoms with Gasteiger partial charge in [0.15, 0.2) is 5.13 Å². The predicted octanol–water partition coefficient (Wildman–Crippen LogP) is 2.30. The molecule has 0 unspecified atom stereocenters. The maximum atomic E-state index is 13.2. The zero-order chi connectivity index (χ0) is 16.8. The highest BCUT2D eigenvalue weighted by Gasteiger charge is 2.53. The van der Waals surface area contributed by atoms with Gasteiger partial charge in [0.1, 0.15) is 5.69 Å². The van der Waals surface area contributed by atoms with Crippen molar-refractivity contribution in [1.82, 2.24) is 9.88 Å². The van der Waals surface area contributed by atoms with Gasteiger partial charge in [-0.05, 0) is 23.8 Å². The number of hydrogen-bond donors (Lipinski definition) is 1. The number of carbonyl (C=O) groups is 1. The minimum Gasteiger partial charge on any atom is -0.354 e. The van der Waals surface area contributed by atoms with Crippen LogP contribution in [-0.2, 0) is 0 Å². The van der Waals surface area contributed by atoms with Crippen molar-refractivity contribution in [1.29, 1.82) is 0 Å². The largest absolute Gasteiger partial charge is 0.354 e. The number of anilines is 1. The van der Waals surface area contributed by atoms with Crippen molar-refractivity contribution in [2.24, 2.45) is 17.6 Å². The van der Waals surface area contributed by atoms with Crippen molar-refractivity contribution in [3.63, 3.8) is 0 Å². The second kappa shape index (κ2) is 5.86. The second-order valence-corrected chi connectivity index (χ2v) is 7.83. The molecule has 5 nitrogen and oxygen atoms in total. The molecule has 1 aliphatic heterocycles. The van der Waals surface area contributed by atoms with Gasteiger partial charge < -0.3 is 15.5 Å². The maximum Gasteiger partial charge on any atom is 0.274 e. The molecule has 1 aromatic carbocycles. The van der Waals surface area contributed by atoms with Gasteiger partial charge in [-0.3, -0.25) is 4.79 Å². The Labute approximate surface area is 146 Å². The molecule has 3 atom stereocenters. The molecule has 126 valence electrons. The Balaban J connectivity index is 1.72. The number of amides is 1. The summed E-state index contributed by atoms with van der Waals surface area (Å²) in [4.78, 5) is 22.7. The summed E-state index contributed by atoms with van der Waals surface area (Å²) in [5.74, 6) is 1.28. The van der Waals surface area contributed by atoms with E-state index in [-0.39, 0.29) is 11.9 Å². The topological polar surface area (TPSA) is 62.5 Å². The minimum atomic E-state index is 0.0286. The Morgan fingerprint density at radius 2 is 2.12 bits per heavy atom. The van der Waals surface area contributed by atoms with E-state index in [0.29, 0.717) is 24.1 Å². The van der Waals surface area contributed by atoms with Gasteiger partial charge in [-0.25, -0.2) is 4.98 Å². The molecule has 1 aliphatic carbocycles. The van der Waals surface area contributed by atoms with E-state index in [4.69, 9.17) is 5.73 Å². The molecule has 0 spiro atoms. The zero-order valence-corrected chi connectivity index (χ0v) is 14.8. The van der Waals surface area contributed by atoms with Crippen LogP contribution in [0.15, 0.2) is 30.3 Å². The average Bonchev–Trinajstić information content (AvgIpc) is 3.08. The lowest BCUT2D eigenvalue weighted by Gasteiger charge is -2.26. The van der Waals surface area contributed by atoms with E-state index in [1.54, 1.807) is 11.3 Å². The van der Waals surface area contributed by atoms with Gasteiger partial charge in [0.25, 0.3) is 5.91 Å². The number of hydrogen-bond acceptors (Lipinski definition) is 5. The molecule has 2 heterocycles. The molecule has 2 fully saturated rings. The zero-order valence-electron chi connectivity index (χ0n) is 14.0. The van der Waals surface area contributed by atoms with Gasteiger partial charge in [0, 0.05) is 33.2 Å². The van der Waals surface area contributed by atoms with Crippen LogP contribution in [0, 0.1) is 11.8 Å². The smallest absolute Gasteiger partial charge is 0.274 e. The van der Waals surface area contributed by atoms with Crippen LogP contribution in [0.4, 0.5) is 5.13 Å². The van der Waals surface area contributed by atoms with E-state index < -0.39 is 0 Å². The molecule has 4 rings (SSSR count). The van der Waals surface area contributed by atoms with Gasteiger partial charge in [-0.2, -0.15) is 0 Å². The normalized spacial score (nSPS) is 24.8. The molecule has 2 aliphatic rings. The first kappa shape index (κ1) is 15.6. The highest BCUT2D eigenvalue weighted by Crippen LogP contribution is 2.50. The van der Waals surface area contributed by atoms with Crippen molar-refractivity contribution in [3.05, 3.63) is 36.0 Å². The van der Waals surface area contributed by atoms with Crippen LogP contribution in [-0.4, -0.2) is 49.0 Å². The van der Waals surface area contributed by atoms with Gasteiger partial charge in [0.05, 0.1) is 4.88 Å². The molecule has 2 N–H and O–H groups in total. The lowest BCUT2D eigenvalue weighted by Crippen LogP contribution is -2.43. The third-order valence-electron chi connectivity index (χ3n) is 5.04. The number of nitrogens with zero attached hydrogens (tertiary/aromatic N) is 3. The van der Waals surface area contributed by atoms with Crippen molar-refractivity contribution in [3.8, 4) is 10.4 Å². The number of carbonyl (C=O) groups excluding carboxylic acids is 1. The summed E-state index contributed by atoms with van der Waals surface area (Å²) in [5.41, 5.74) is 7.55.